The van der Waals surface area contributed by atoms with Crippen molar-refractivity contribution in [3.63, 3.8) is 0 Å². The van der Waals surface area contributed by atoms with Crippen molar-refractivity contribution in [2.45, 2.75) is 5.03 Å². The van der Waals surface area contributed by atoms with Crippen LogP contribution in [0.25, 0.3) is 5.65 Å². The second kappa shape index (κ2) is 4.05. The maximum Gasteiger partial charge on any atom is 0.358 e. The molecular weight excluding hydrogens is 263 g/mol. The number of methoxy groups -OCH3 is 1. The van der Waals surface area contributed by atoms with Gasteiger partial charge in [0.15, 0.2) is 32.0 Å². The molecule has 0 amide bonds. The molecule has 0 atom stereocenters. The summed E-state index contributed by atoms with van der Waals surface area (Å²) in [6.07, 6.45) is 2.23. The number of hydrogen-bond donors (Lipinski definition) is 0. The molecule has 0 aliphatic carbocycles. The lowest BCUT2D eigenvalue weighted by atomic mass is 10.4. The van der Waals surface area contributed by atoms with Crippen LogP contribution in [-0.4, -0.2) is 37.1 Å². The monoisotopic (exact) mass is 272 g/mol. The van der Waals surface area contributed by atoms with Crippen molar-refractivity contribution in [3.8, 4) is 0 Å². The van der Waals surface area contributed by atoms with E-state index in [1.807, 2.05) is 0 Å². The minimum Gasteiger partial charge on any atom is -0.464 e. The second-order valence-electron chi connectivity index (χ2n) is 3.58. The van der Waals surface area contributed by atoms with E-state index in [1.165, 1.54) is 12.3 Å². The van der Waals surface area contributed by atoms with Crippen molar-refractivity contribution in [1.29, 1.82) is 0 Å². The van der Waals surface area contributed by atoms with Crippen LogP contribution in [0.1, 0.15) is 10.5 Å². The van der Waals surface area contributed by atoms with Gasteiger partial charge in [-0.15, -0.1) is 0 Å². The van der Waals surface area contributed by atoms with Crippen molar-refractivity contribution in [2.75, 3.05) is 13.4 Å². The summed E-state index contributed by atoms with van der Waals surface area (Å²) in [5.74, 6) is -1.62. The molecule has 0 radical (unpaired) electrons. The zero-order chi connectivity index (χ0) is 13.5. The highest BCUT2D eigenvalue weighted by Gasteiger charge is 2.27. The van der Waals surface area contributed by atoms with Gasteiger partial charge in [0.25, 0.3) is 0 Å². The van der Waals surface area contributed by atoms with E-state index in [4.69, 9.17) is 0 Å². The van der Waals surface area contributed by atoms with E-state index in [9.17, 15) is 17.6 Å². The van der Waals surface area contributed by atoms with Crippen LogP contribution >= 0.6 is 0 Å². The lowest BCUT2D eigenvalue weighted by Crippen LogP contribution is -2.11. The summed E-state index contributed by atoms with van der Waals surface area (Å²) in [7, 11) is -2.66. The average molecular weight is 272 g/mol. The molecule has 0 N–H and O–H groups in total. The van der Waals surface area contributed by atoms with Crippen molar-refractivity contribution in [2.24, 2.45) is 0 Å². The molecule has 2 aromatic heterocycles. The highest BCUT2D eigenvalue weighted by molar-refractivity contribution is 7.90. The van der Waals surface area contributed by atoms with Crippen LogP contribution < -0.4 is 0 Å². The number of pyridine rings is 1. The third-order valence-corrected chi connectivity index (χ3v) is 3.29. The van der Waals surface area contributed by atoms with Crippen molar-refractivity contribution in [3.05, 3.63) is 29.8 Å². The fraction of sp³-hybridized carbons (Fsp3) is 0.200. The third-order valence-electron chi connectivity index (χ3n) is 2.30. The Morgan fingerprint density at radius 2 is 2.17 bits per heavy atom. The van der Waals surface area contributed by atoms with E-state index in [2.05, 4.69) is 9.72 Å². The van der Waals surface area contributed by atoms with Crippen LogP contribution in [0.2, 0.25) is 0 Å². The van der Waals surface area contributed by atoms with E-state index < -0.39 is 26.6 Å². The first kappa shape index (κ1) is 12.5. The SMILES string of the molecule is COC(=O)c1c(S(C)(=O)=O)nc2c(F)cccn12. The summed E-state index contributed by atoms with van der Waals surface area (Å²) in [6.45, 7) is 0. The van der Waals surface area contributed by atoms with Crippen LogP contribution in [0.15, 0.2) is 23.4 Å². The summed E-state index contributed by atoms with van der Waals surface area (Å²) in [4.78, 5) is 15.2. The number of esters is 1. The van der Waals surface area contributed by atoms with Crippen LogP contribution in [0.5, 0.6) is 0 Å². The predicted molar refractivity (Wildman–Crippen MR) is 59.6 cm³/mol. The minimum absolute atomic E-state index is 0.238. The summed E-state index contributed by atoms with van der Waals surface area (Å²) < 4.78 is 42.1. The highest BCUT2D eigenvalue weighted by atomic mass is 32.2. The summed E-state index contributed by atoms with van der Waals surface area (Å²) >= 11 is 0. The Morgan fingerprint density at radius 1 is 1.50 bits per heavy atom. The number of sulfone groups is 1. The smallest absolute Gasteiger partial charge is 0.358 e. The van der Waals surface area contributed by atoms with E-state index in [0.29, 0.717) is 0 Å². The first-order valence-corrected chi connectivity index (χ1v) is 6.70. The standard InChI is InChI=1S/C10H9FN2O4S/c1-17-10(14)7-9(18(2,15)16)12-8-6(11)4-3-5-13(7)8/h3-5H,1-2H3. The topological polar surface area (TPSA) is 77.7 Å². The molecule has 0 fully saturated rings. The third kappa shape index (κ3) is 1.84. The van der Waals surface area contributed by atoms with Crippen molar-refractivity contribution in [1.82, 2.24) is 9.38 Å². The lowest BCUT2D eigenvalue weighted by molar-refractivity contribution is 0.0588. The molecule has 18 heavy (non-hydrogen) atoms. The second-order valence-corrected chi connectivity index (χ2v) is 5.51. The number of ether oxygens (including phenoxy) is 1. The van der Waals surface area contributed by atoms with E-state index >= 15 is 0 Å². The lowest BCUT2D eigenvalue weighted by Gasteiger charge is -2.01. The Hall–Kier alpha value is -1.96. The van der Waals surface area contributed by atoms with Crippen molar-refractivity contribution >= 4 is 21.5 Å². The number of halogens is 1. The van der Waals surface area contributed by atoms with Crippen LogP contribution in [0, 0.1) is 5.82 Å². The van der Waals surface area contributed by atoms with Gasteiger partial charge in [-0.2, -0.15) is 0 Å². The molecule has 6 nitrogen and oxygen atoms in total. The summed E-state index contributed by atoms with van der Waals surface area (Å²) in [5.41, 5.74) is -0.548. The molecule has 0 saturated carbocycles. The van der Waals surface area contributed by atoms with Gasteiger partial charge in [0.1, 0.15) is 0 Å². The molecule has 0 aliphatic rings. The number of imidazole rings is 1. The van der Waals surface area contributed by atoms with Gasteiger partial charge >= 0.3 is 5.97 Å². The normalized spacial score (nSPS) is 11.7. The molecule has 2 rings (SSSR count). The number of nitrogens with zero attached hydrogens (tertiary/aromatic N) is 2. The summed E-state index contributed by atoms with van der Waals surface area (Å²) in [6, 6.07) is 2.46. The number of carbonyl (C=O) groups excluding carboxylic acids is 1. The van der Waals surface area contributed by atoms with Gasteiger partial charge in [-0.05, 0) is 12.1 Å². The van der Waals surface area contributed by atoms with E-state index in [-0.39, 0.29) is 11.3 Å². The quantitative estimate of drug-likeness (QED) is 0.751. The maximum absolute atomic E-state index is 13.5. The minimum atomic E-state index is -3.77. The van der Waals surface area contributed by atoms with Crippen LogP contribution in [-0.2, 0) is 14.6 Å². The molecule has 0 bridgehead atoms. The van der Waals surface area contributed by atoms with E-state index in [1.54, 1.807) is 0 Å². The molecule has 2 aromatic rings. The molecule has 0 unspecified atom stereocenters. The van der Waals surface area contributed by atoms with Crippen LogP contribution in [0.3, 0.4) is 0 Å². The number of aromatic nitrogens is 2. The van der Waals surface area contributed by atoms with Gasteiger partial charge in [-0.1, -0.05) is 0 Å². The van der Waals surface area contributed by atoms with E-state index in [0.717, 1.165) is 23.8 Å². The van der Waals surface area contributed by atoms with Gasteiger partial charge in [-0.3, -0.25) is 4.40 Å². The van der Waals surface area contributed by atoms with Gasteiger partial charge in [-0.25, -0.2) is 22.6 Å². The predicted octanol–water partition coefficient (Wildman–Crippen LogP) is 0.663. The first-order chi connectivity index (χ1) is 8.36. The molecule has 0 aliphatic heterocycles. The van der Waals surface area contributed by atoms with Gasteiger partial charge in [0, 0.05) is 12.5 Å². The van der Waals surface area contributed by atoms with Gasteiger partial charge < -0.3 is 4.74 Å². The first-order valence-electron chi connectivity index (χ1n) is 4.81. The van der Waals surface area contributed by atoms with Gasteiger partial charge in [0.2, 0.25) is 0 Å². The Balaban J connectivity index is 2.94. The fourth-order valence-corrected chi connectivity index (χ4v) is 2.34. The molecule has 0 saturated heterocycles. The molecular formula is C10H9FN2O4S. The number of rotatable bonds is 2. The zero-order valence-electron chi connectivity index (χ0n) is 9.55. The zero-order valence-corrected chi connectivity index (χ0v) is 10.4. The van der Waals surface area contributed by atoms with Crippen molar-refractivity contribution < 1.29 is 22.3 Å². The largest absolute Gasteiger partial charge is 0.464 e. The maximum atomic E-state index is 13.5. The Morgan fingerprint density at radius 3 is 2.72 bits per heavy atom. The molecule has 0 aromatic carbocycles. The number of hydrogen-bond acceptors (Lipinski definition) is 5. The molecule has 2 heterocycles. The Kier molecular flexibility index (Phi) is 2.81. The number of carbonyl (C=O) groups is 1. The Bertz CT molecular complexity index is 736. The highest BCUT2D eigenvalue weighted by Crippen LogP contribution is 2.20. The summed E-state index contributed by atoms with van der Waals surface area (Å²) in [5, 5.41) is -0.501. The van der Waals surface area contributed by atoms with Gasteiger partial charge in [0.05, 0.1) is 7.11 Å². The fourth-order valence-electron chi connectivity index (χ4n) is 1.55. The Labute approximate surface area is 102 Å². The molecule has 0 spiro atoms. The van der Waals surface area contributed by atoms with Crippen LogP contribution in [0.4, 0.5) is 4.39 Å². The number of fused-ring (bicyclic) bond motifs is 1. The molecule has 96 valence electrons. The average Bonchev–Trinajstić information content (AvgIpc) is 2.68. The molecule has 8 heteroatoms.